The molecule has 5 aromatic rings. The van der Waals surface area contributed by atoms with Crippen LogP contribution in [0.4, 0.5) is 0 Å². The Morgan fingerprint density at radius 2 is 1.91 bits per heavy atom. The molecule has 8 heteroatoms. The van der Waals surface area contributed by atoms with Gasteiger partial charge in [0.2, 0.25) is 0 Å². The van der Waals surface area contributed by atoms with Crippen LogP contribution in [0.25, 0.3) is 45.3 Å². The van der Waals surface area contributed by atoms with Crippen LogP contribution in [0.2, 0.25) is 0 Å². The molecule has 0 amide bonds. The van der Waals surface area contributed by atoms with Crippen molar-refractivity contribution < 1.29 is 9.26 Å². The first-order valence-electron chi connectivity index (χ1n) is 10.9. The molecule has 1 aliphatic carbocycles. The fourth-order valence-corrected chi connectivity index (χ4v) is 5.19. The van der Waals surface area contributed by atoms with Gasteiger partial charge in [-0.2, -0.15) is 0 Å². The number of aryl methyl sites for hydroxylation is 4. The van der Waals surface area contributed by atoms with E-state index >= 15 is 0 Å². The van der Waals surface area contributed by atoms with Crippen molar-refractivity contribution in [3.8, 4) is 11.3 Å². The number of nitrogens with one attached hydrogen (secondary N) is 2. The van der Waals surface area contributed by atoms with Gasteiger partial charge in [-0.25, -0.2) is 9.97 Å². The van der Waals surface area contributed by atoms with Gasteiger partial charge in [0.25, 0.3) is 0 Å². The number of aromatic amines is 2. The summed E-state index contributed by atoms with van der Waals surface area (Å²) in [6.07, 6.45) is 7.85. The van der Waals surface area contributed by atoms with E-state index in [2.05, 4.69) is 39.2 Å². The molecule has 0 bridgehead atoms. The van der Waals surface area contributed by atoms with Gasteiger partial charge in [-0.1, -0.05) is 5.16 Å². The maximum Gasteiger partial charge on any atom is 0.142 e. The van der Waals surface area contributed by atoms with Crippen LogP contribution in [0.3, 0.4) is 0 Å². The molecule has 0 aliphatic heterocycles. The van der Waals surface area contributed by atoms with Gasteiger partial charge in [-0.05, 0) is 45.9 Å². The molecule has 2 atom stereocenters. The molecule has 2 N–H and O–H groups in total. The largest absolute Gasteiger partial charge is 0.376 e. The molecule has 2 unspecified atom stereocenters. The second kappa shape index (κ2) is 7.11. The van der Waals surface area contributed by atoms with E-state index in [1.54, 1.807) is 7.11 Å². The van der Waals surface area contributed by atoms with Crippen molar-refractivity contribution in [3.05, 3.63) is 57.6 Å². The molecular weight excluding hydrogens is 416 g/mol. The van der Waals surface area contributed by atoms with Crippen LogP contribution >= 0.6 is 0 Å². The smallest absolute Gasteiger partial charge is 0.142 e. The van der Waals surface area contributed by atoms with Gasteiger partial charge in [0.1, 0.15) is 17.2 Å². The average molecular weight is 441 g/mol. The summed E-state index contributed by atoms with van der Waals surface area (Å²) in [5, 5.41) is 8.29. The lowest BCUT2D eigenvalue weighted by Crippen LogP contribution is -2.35. The number of aromatic nitrogens is 6. The van der Waals surface area contributed by atoms with Gasteiger partial charge in [0.05, 0.1) is 34.6 Å². The molecular formula is C25H24N6O2. The van der Waals surface area contributed by atoms with Crippen molar-refractivity contribution in [2.75, 3.05) is 7.11 Å². The van der Waals surface area contributed by atoms with Crippen LogP contribution in [0.15, 0.2) is 23.0 Å². The highest BCUT2D eigenvalue weighted by atomic mass is 16.5. The zero-order valence-electron chi connectivity index (χ0n) is 19.1. The molecule has 0 saturated carbocycles. The highest BCUT2D eigenvalue weighted by Gasteiger charge is 2.29. The van der Waals surface area contributed by atoms with E-state index in [1.165, 1.54) is 0 Å². The third-order valence-corrected chi connectivity index (χ3v) is 6.58. The summed E-state index contributed by atoms with van der Waals surface area (Å²) in [6, 6.07) is 2.03. The predicted molar refractivity (Wildman–Crippen MR) is 126 cm³/mol. The maximum absolute atomic E-state index is 5.94. The first-order chi connectivity index (χ1) is 16.0. The molecule has 0 fully saturated rings. The summed E-state index contributed by atoms with van der Waals surface area (Å²) in [7, 11) is 1.73. The highest BCUT2D eigenvalue weighted by Crippen LogP contribution is 2.35. The normalized spacial score (nSPS) is 17.8. The molecule has 5 aromatic heterocycles. The van der Waals surface area contributed by atoms with Crippen LogP contribution in [0, 0.1) is 27.7 Å². The van der Waals surface area contributed by atoms with E-state index in [-0.39, 0.29) is 12.0 Å². The molecule has 1 aliphatic rings. The summed E-state index contributed by atoms with van der Waals surface area (Å²) in [5.41, 5.74) is 6.76. The first-order valence-corrected chi connectivity index (χ1v) is 10.9. The average Bonchev–Trinajstić information content (AvgIpc) is 3.43. The van der Waals surface area contributed by atoms with Gasteiger partial charge >= 0.3 is 0 Å². The van der Waals surface area contributed by atoms with E-state index < -0.39 is 0 Å². The van der Waals surface area contributed by atoms with E-state index in [0.29, 0.717) is 5.82 Å². The third kappa shape index (κ3) is 2.87. The van der Waals surface area contributed by atoms with Crippen LogP contribution in [-0.2, 0) is 4.74 Å². The lowest BCUT2D eigenvalue weighted by Gasteiger charge is -2.22. The number of rotatable bonds is 3. The second-order valence-electron chi connectivity index (χ2n) is 8.64. The number of nitrogens with zero attached hydrogens (tertiary/aromatic N) is 4. The zero-order valence-corrected chi connectivity index (χ0v) is 19.1. The number of methoxy groups -OCH3 is 1. The van der Waals surface area contributed by atoms with Crippen molar-refractivity contribution in [3.63, 3.8) is 0 Å². The molecule has 33 heavy (non-hydrogen) atoms. The Kier molecular flexibility index (Phi) is 4.28. The van der Waals surface area contributed by atoms with Gasteiger partial charge in [0.15, 0.2) is 0 Å². The lowest BCUT2D eigenvalue weighted by atomic mass is 9.88. The number of hydrogen-bond donors (Lipinski definition) is 2. The van der Waals surface area contributed by atoms with Crippen molar-refractivity contribution >= 4 is 34.1 Å². The Balaban J connectivity index is 1.69. The number of ether oxygens (including phenoxy) is 1. The Morgan fingerprint density at radius 3 is 2.67 bits per heavy atom. The van der Waals surface area contributed by atoms with E-state index in [9.17, 15) is 0 Å². The summed E-state index contributed by atoms with van der Waals surface area (Å²) < 4.78 is 11.4. The topological polar surface area (TPSA) is 106 Å². The minimum absolute atomic E-state index is 0.0137. The third-order valence-electron chi connectivity index (χ3n) is 6.58. The quantitative estimate of drug-likeness (QED) is 0.447. The highest BCUT2D eigenvalue weighted by molar-refractivity contribution is 6.03. The van der Waals surface area contributed by atoms with Crippen molar-refractivity contribution in [1.29, 1.82) is 0 Å². The van der Waals surface area contributed by atoms with Crippen LogP contribution in [0.1, 0.15) is 34.5 Å². The minimum atomic E-state index is -0.171. The Hall–Kier alpha value is -3.78. The second-order valence-corrected chi connectivity index (χ2v) is 8.64. The van der Waals surface area contributed by atoms with E-state index in [4.69, 9.17) is 19.2 Å². The van der Waals surface area contributed by atoms with E-state index in [1.807, 2.05) is 39.2 Å². The van der Waals surface area contributed by atoms with Crippen molar-refractivity contribution in [2.24, 2.45) is 0 Å². The Labute approximate surface area is 189 Å². The summed E-state index contributed by atoms with van der Waals surface area (Å²) >= 11 is 0. The number of fused-ring (bicyclic) bond motifs is 4. The Morgan fingerprint density at radius 1 is 1.06 bits per heavy atom. The number of H-pyrrole nitrogens is 2. The minimum Gasteiger partial charge on any atom is -0.376 e. The van der Waals surface area contributed by atoms with Gasteiger partial charge in [0, 0.05) is 52.0 Å². The fraction of sp³-hybridized carbons (Fsp3) is 0.280. The first kappa shape index (κ1) is 19.9. The fourth-order valence-electron chi connectivity index (χ4n) is 5.19. The maximum atomic E-state index is 5.94. The molecule has 0 spiro atoms. The number of hydrogen-bond acceptors (Lipinski definition) is 6. The predicted octanol–water partition coefficient (Wildman–Crippen LogP) is 3.10. The lowest BCUT2D eigenvalue weighted by molar-refractivity contribution is 0.143. The van der Waals surface area contributed by atoms with E-state index in [0.717, 1.165) is 66.5 Å². The van der Waals surface area contributed by atoms with Crippen molar-refractivity contribution in [2.45, 2.75) is 39.7 Å². The molecule has 0 aromatic carbocycles. The molecule has 6 rings (SSSR count). The Bertz CT molecular complexity index is 1650. The molecule has 5 heterocycles. The molecule has 0 saturated heterocycles. The zero-order chi connectivity index (χ0) is 22.9. The van der Waals surface area contributed by atoms with Gasteiger partial charge in [-0.3, -0.25) is 4.98 Å². The van der Waals surface area contributed by atoms with Crippen LogP contribution < -0.4 is 10.6 Å². The molecule has 0 radical (unpaired) electrons. The summed E-state index contributed by atoms with van der Waals surface area (Å²) in [5.74, 6) is 1.51. The van der Waals surface area contributed by atoms with Gasteiger partial charge < -0.3 is 19.2 Å². The summed E-state index contributed by atoms with van der Waals surface area (Å²) in [4.78, 5) is 20.9. The monoisotopic (exact) mass is 440 g/mol. The van der Waals surface area contributed by atoms with Crippen molar-refractivity contribution in [1.82, 2.24) is 30.1 Å². The standard InChI is InChI=1S/C25H24N6O2/c1-11-22(15-6-7-26-10-19(15)27-11)24-23-16-9-20(32-5)17(21-12(2)31-33-13(21)3)8-18(16)30-25(23)29-14(4)28-24/h6-10,17,20,27H,1-5H3,(H,28,29,30). The SMILES string of the molecule is COC1C=c2c([nH]c3nc(C)nc(-c4c(C)[nH]c5cnccc45)c23)=CC1c1c(C)noc1C. The van der Waals surface area contributed by atoms with Crippen LogP contribution in [0.5, 0.6) is 0 Å². The van der Waals surface area contributed by atoms with Gasteiger partial charge in [-0.15, -0.1) is 0 Å². The summed E-state index contributed by atoms with van der Waals surface area (Å²) in [6.45, 7) is 7.90. The van der Waals surface area contributed by atoms with Crippen LogP contribution in [-0.4, -0.2) is 43.3 Å². The molecule has 8 nitrogen and oxygen atoms in total. The molecule has 166 valence electrons. The number of pyridine rings is 1.